The van der Waals surface area contributed by atoms with Crippen LogP contribution in [0.25, 0.3) is 16.6 Å². The van der Waals surface area contributed by atoms with Gasteiger partial charge in [0.05, 0.1) is 23.2 Å². The van der Waals surface area contributed by atoms with Gasteiger partial charge in [-0.05, 0) is 49.7 Å². The summed E-state index contributed by atoms with van der Waals surface area (Å²) in [4.78, 5) is 29.7. The van der Waals surface area contributed by atoms with Crippen molar-refractivity contribution in [3.05, 3.63) is 68.7 Å². The van der Waals surface area contributed by atoms with Crippen molar-refractivity contribution in [3.63, 3.8) is 0 Å². The zero-order valence-corrected chi connectivity index (χ0v) is 14.8. The third-order valence-electron chi connectivity index (χ3n) is 3.63. The summed E-state index contributed by atoms with van der Waals surface area (Å²) in [5, 5.41) is 0.450. The number of benzene rings is 2. The quantitative estimate of drug-likeness (QED) is 0.644. The number of para-hydroxylation sites is 1. The van der Waals surface area contributed by atoms with Gasteiger partial charge in [0.2, 0.25) is 5.82 Å². The van der Waals surface area contributed by atoms with E-state index in [1.54, 1.807) is 37.3 Å². The van der Waals surface area contributed by atoms with Gasteiger partial charge in [0, 0.05) is 4.47 Å². The Morgan fingerprint density at radius 3 is 2.71 bits per heavy atom. The van der Waals surface area contributed by atoms with Crippen molar-refractivity contribution < 1.29 is 9.53 Å². The minimum atomic E-state index is -0.624. The van der Waals surface area contributed by atoms with Crippen LogP contribution in [0.4, 0.5) is 0 Å². The van der Waals surface area contributed by atoms with Gasteiger partial charge in [-0.2, -0.15) is 0 Å². The molecule has 0 unspecified atom stereocenters. The van der Waals surface area contributed by atoms with Gasteiger partial charge >= 0.3 is 5.97 Å². The lowest BCUT2D eigenvalue weighted by Crippen LogP contribution is -2.27. The van der Waals surface area contributed by atoms with Gasteiger partial charge in [-0.15, -0.1) is 0 Å². The average Bonchev–Trinajstić information content (AvgIpc) is 2.58. The molecule has 2 aromatic carbocycles. The molecule has 0 N–H and O–H groups in total. The molecule has 0 spiro atoms. The number of aromatic nitrogens is 2. The van der Waals surface area contributed by atoms with Crippen LogP contribution < -0.4 is 5.56 Å². The third kappa shape index (κ3) is 2.85. The van der Waals surface area contributed by atoms with Crippen LogP contribution in [0.3, 0.4) is 0 Å². The van der Waals surface area contributed by atoms with Gasteiger partial charge < -0.3 is 4.74 Å². The summed E-state index contributed by atoms with van der Waals surface area (Å²) in [5.74, 6) is -0.650. The topological polar surface area (TPSA) is 61.2 Å². The van der Waals surface area contributed by atoms with Crippen molar-refractivity contribution in [2.75, 3.05) is 6.61 Å². The number of ether oxygens (including phenoxy) is 1. The monoisotopic (exact) mass is 386 g/mol. The van der Waals surface area contributed by atoms with Crippen LogP contribution in [0.2, 0.25) is 0 Å². The van der Waals surface area contributed by atoms with Gasteiger partial charge in [0.15, 0.2) is 0 Å². The summed E-state index contributed by atoms with van der Waals surface area (Å²) in [6.07, 6.45) is 0. The maximum Gasteiger partial charge on any atom is 0.375 e. The zero-order chi connectivity index (χ0) is 17.3. The number of hydrogen-bond acceptors (Lipinski definition) is 4. The van der Waals surface area contributed by atoms with E-state index in [-0.39, 0.29) is 18.0 Å². The Kier molecular flexibility index (Phi) is 4.49. The number of nitrogens with zero attached hydrogens (tertiary/aromatic N) is 2. The normalized spacial score (nSPS) is 10.8. The second kappa shape index (κ2) is 6.57. The lowest BCUT2D eigenvalue weighted by Gasteiger charge is -2.13. The average molecular weight is 387 g/mol. The molecule has 3 aromatic rings. The Labute approximate surface area is 147 Å². The molecule has 0 aliphatic rings. The van der Waals surface area contributed by atoms with E-state index >= 15 is 0 Å². The molecule has 3 rings (SSSR count). The molecule has 5 nitrogen and oxygen atoms in total. The smallest absolute Gasteiger partial charge is 0.375 e. The molecule has 0 aliphatic carbocycles. The molecule has 0 fully saturated rings. The second-order valence-electron chi connectivity index (χ2n) is 5.25. The highest BCUT2D eigenvalue weighted by Crippen LogP contribution is 2.20. The minimum Gasteiger partial charge on any atom is -0.460 e. The van der Waals surface area contributed by atoms with Crippen LogP contribution in [-0.4, -0.2) is 22.1 Å². The highest BCUT2D eigenvalue weighted by Gasteiger charge is 2.20. The lowest BCUT2D eigenvalue weighted by atomic mass is 10.2. The Balaban J connectivity index is 2.36. The number of rotatable bonds is 3. The highest BCUT2D eigenvalue weighted by atomic mass is 79.9. The second-order valence-corrected chi connectivity index (χ2v) is 6.10. The molecular formula is C18H15BrN2O3. The van der Waals surface area contributed by atoms with Gasteiger partial charge in [-0.1, -0.05) is 28.1 Å². The van der Waals surface area contributed by atoms with Crippen LogP contribution in [0.1, 0.15) is 23.1 Å². The first-order valence-electron chi connectivity index (χ1n) is 7.48. The van der Waals surface area contributed by atoms with E-state index in [2.05, 4.69) is 20.9 Å². The number of carbonyl (C=O) groups excluding carboxylic acids is 1. The van der Waals surface area contributed by atoms with Crippen molar-refractivity contribution in [3.8, 4) is 5.69 Å². The summed E-state index contributed by atoms with van der Waals surface area (Å²) in [5.41, 5.74) is 1.69. The van der Waals surface area contributed by atoms with Crippen molar-refractivity contribution in [1.29, 1.82) is 0 Å². The fourth-order valence-corrected chi connectivity index (χ4v) is 2.72. The van der Waals surface area contributed by atoms with Crippen molar-refractivity contribution >= 4 is 32.8 Å². The minimum absolute atomic E-state index is 0.0257. The molecule has 0 saturated carbocycles. The Hall–Kier alpha value is -2.47. The van der Waals surface area contributed by atoms with E-state index in [4.69, 9.17) is 4.74 Å². The lowest BCUT2D eigenvalue weighted by molar-refractivity contribution is 0.0508. The van der Waals surface area contributed by atoms with E-state index in [0.29, 0.717) is 16.6 Å². The number of halogens is 1. The number of aryl methyl sites for hydroxylation is 1. The molecule has 1 aromatic heterocycles. The van der Waals surface area contributed by atoms with Crippen LogP contribution >= 0.6 is 15.9 Å². The number of hydrogen-bond donors (Lipinski definition) is 0. The van der Waals surface area contributed by atoms with E-state index in [9.17, 15) is 9.59 Å². The zero-order valence-electron chi connectivity index (χ0n) is 13.2. The fraction of sp³-hybridized carbons (Fsp3) is 0.167. The van der Waals surface area contributed by atoms with Crippen molar-refractivity contribution in [2.45, 2.75) is 13.8 Å². The molecule has 1 heterocycles. The van der Waals surface area contributed by atoms with E-state index in [0.717, 1.165) is 10.0 Å². The summed E-state index contributed by atoms with van der Waals surface area (Å²) < 4.78 is 7.30. The summed E-state index contributed by atoms with van der Waals surface area (Å²) >= 11 is 3.44. The Bertz CT molecular complexity index is 995. The molecular weight excluding hydrogens is 372 g/mol. The first-order chi connectivity index (χ1) is 11.5. The van der Waals surface area contributed by atoms with E-state index < -0.39 is 5.97 Å². The molecule has 0 amide bonds. The number of fused-ring (bicyclic) bond motifs is 1. The molecule has 0 bridgehead atoms. The summed E-state index contributed by atoms with van der Waals surface area (Å²) in [7, 11) is 0. The van der Waals surface area contributed by atoms with E-state index in [1.165, 1.54) is 4.57 Å². The molecule has 0 radical (unpaired) electrons. The predicted octanol–water partition coefficient (Wildman–Crippen LogP) is 3.63. The molecule has 0 aliphatic heterocycles. The predicted molar refractivity (Wildman–Crippen MR) is 95.7 cm³/mol. The standard InChI is InChI=1S/C18H15BrN2O3/c1-3-24-18(23)16-20-15-7-5-4-6-13(15)17(22)21(16)12-8-9-14(19)11(2)10-12/h4-10H,3H2,1-2H3. The first kappa shape index (κ1) is 16.4. The molecule has 0 atom stereocenters. The SMILES string of the molecule is CCOC(=O)c1nc2ccccc2c(=O)n1-c1ccc(Br)c(C)c1. The first-order valence-corrected chi connectivity index (χ1v) is 8.27. The fourth-order valence-electron chi connectivity index (χ4n) is 2.47. The Morgan fingerprint density at radius 2 is 2.00 bits per heavy atom. The van der Waals surface area contributed by atoms with E-state index in [1.807, 2.05) is 19.1 Å². The molecule has 6 heteroatoms. The van der Waals surface area contributed by atoms with Gasteiger partial charge in [-0.3, -0.25) is 9.36 Å². The number of esters is 1. The van der Waals surface area contributed by atoms with Gasteiger partial charge in [0.25, 0.3) is 5.56 Å². The molecule has 24 heavy (non-hydrogen) atoms. The van der Waals surface area contributed by atoms with Crippen LogP contribution in [0.5, 0.6) is 0 Å². The summed E-state index contributed by atoms with van der Waals surface area (Å²) in [6.45, 7) is 3.84. The van der Waals surface area contributed by atoms with Crippen LogP contribution in [0.15, 0.2) is 51.7 Å². The summed E-state index contributed by atoms with van der Waals surface area (Å²) in [6, 6.07) is 12.4. The van der Waals surface area contributed by atoms with Gasteiger partial charge in [0.1, 0.15) is 0 Å². The highest BCUT2D eigenvalue weighted by molar-refractivity contribution is 9.10. The third-order valence-corrected chi connectivity index (χ3v) is 4.52. The number of carbonyl (C=O) groups is 1. The van der Waals surface area contributed by atoms with Crippen LogP contribution in [0, 0.1) is 6.92 Å². The van der Waals surface area contributed by atoms with Crippen molar-refractivity contribution in [1.82, 2.24) is 9.55 Å². The molecule has 0 saturated heterocycles. The Morgan fingerprint density at radius 1 is 1.25 bits per heavy atom. The van der Waals surface area contributed by atoms with Gasteiger partial charge in [-0.25, -0.2) is 9.78 Å². The maximum absolute atomic E-state index is 13.0. The van der Waals surface area contributed by atoms with Crippen molar-refractivity contribution in [2.24, 2.45) is 0 Å². The van der Waals surface area contributed by atoms with Crippen LogP contribution in [-0.2, 0) is 4.74 Å². The largest absolute Gasteiger partial charge is 0.460 e. The molecule has 122 valence electrons. The maximum atomic E-state index is 13.0.